The van der Waals surface area contributed by atoms with Crippen molar-refractivity contribution in [1.29, 1.82) is 0 Å². The molecular weight excluding hydrogens is 244 g/mol. The Morgan fingerprint density at radius 3 is 2.41 bits per heavy atom. The molecule has 0 saturated heterocycles. The second-order valence-corrected chi connectivity index (χ2v) is 12.5. The Morgan fingerprint density at radius 1 is 1.24 bits per heavy atom. The van der Waals surface area contributed by atoms with Crippen LogP contribution in [0.2, 0.25) is 13.1 Å². The maximum absolute atomic E-state index is 6.69. The van der Waals surface area contributed by atoms with E-state index in [1.807, 2.05) is 0 Å². The van der Waals surface area contributed by atoms with E-state index in [0.29, 0.717) is 11.5 Å². The van der Waals surface area contributed by atoms with Crippen LogP contribution >= 0.6 is 11.1 Å². The molecule has 0 N–H and O–H groups in total. The van der Waals surface area contributed by atoms with Crippen molar-refractivity contribution in [3.05, 3.63) is 40.5 Å². The van der Waals surface area contributed by atoms with Crippen LogP contribution in [0.4, 0.5) is 0 Å². The normalized spacial score (nSPS) is 19.5. The summed E-state index contributed by atoms with van der Waals surface area (Å²) in [7, 11) is -1.69. The van der Waals surface area contributed by atoms with Gasteiger partial charge in [-0.25, -0.2) is 0 Å². The van der Waals surface area contributed by atoms with Crippen LogP contribution in [0.1, 0.15) is 48.9 Å². The third-order valence-corrected chi connectivity index (χ3v) is 6.41. The Hall–Kier alpha value is -0.533. The standard InChI is InChI=1S/C15H21ClSi/c1-10(2)12-7-6-8-13-14(12)9-11(3)15(13)17(4,5)16/h6-10,15H,1-5H3. The molecule has 0 heterocycles. The molecule has 1 aliphatic rings. The van der Waals surface area contributed by atoms with Crippen molar-refractivity contribution in [3.63, 3.8) is 0 Å². The van der Waals surface area contributed by atoms with Crippen LogP contribution in [-0.4, -0.2) is 7.38 Å². The van der Waals surface area contributed by atoms with E-state index in [1.54, 1.807) is 0 Å². The van der Waals surface area contributed by atoms with Crippen molar-refractivity contribution in [3.8, 4) is 0 Å². The van der Waals surface area contributed by atoms with Crippen LogP contribution in [0, 0.1) is 0 Å². The number of benzene rings is 1. The predicted octanol–water partition coefficient (Wildman–Crippen LogP) is 5.29. The van der Waals surface area contributed by atoms with Crippen LogP contribution in [-0.2, 0) is 0 Å². The van der Waals surface area contributed by atoms with Gasteiger partial charge in [0.15, 0.2) is 7.38 Å². The molecule has 0 radical (unpaired) electrons. The summed E-state index contributed by atoms with van der Waals surface area (Å²) in [6.45, 7) is 11.2. The van der Waals surface area contributed by atoms with E-state index in [2.05, 4.69) is 58.1 Å². The molecule has 0 nitrogen and oxygen atoms in total. The topological polar surface area (TPSA) is 0 Å². The molecule has 0 aliphatic heterocycles. The number of fused-ring (bicyclic) bond motifs is 1. The van der Waals surface area contributed by atoms with E-state index < -0.39 is 7.38 Å². The first-order valence-corrected chi connectivity index (χ1v) is 10.4. The van der Waals surface area contributed by atoms with Crippen LogP contribution in [0.3, 0.4) is 0 Å². The van der Waals surface area contributed by atoms with E-state index >= 15 is 0 Å². The number of halogens is 1. The Labute approximate surface area is 110 Å². The third-order valence-electron chi connectivity index (χ3n) is 3.62. The first kappa shape index (κ1) is 12.9. The molecule has 1 unspecified atom stereocenters. The summed E-state index contributed by atoms with van der Waals surface area (Å²) in [5.41, 5.74) is 6.28. The number of hydrogen-bond acceptors (Lipinski definition) is 0. The molecule has 0 aromatic heterocycles. The van der Waals surface area contributed by atoms with Gasteiger partial charge in [0.25, 0.3) is 0 Å². The Kier molecular flexibility index (Phi) is 3.26. The zero-order valence-corrected chi connectivity index (χ0v) is 13.1. The fourth-order valence-electron chi connectivity index (χ4n) is 2.99. The zero-order chi connectivity index (χ0) is 12.8. The molecule has 92 valence electrons. The lowest BCUT2D eigenvalue weighted by Gasteiger charge is -2.25. The molecule has 1 aliphatic carbocycles. The molecule has 17 heavy (non-hydrogen) atoms. The second kappa shape index (κ2) is 4.29. The highest BCUT2D eigenvalue weighted by Gasteiger charge is 2.37. The summed E-state index contributed by atoms with van der Waals surface area (Å²) >= 11 is 6.69. The van der Waals surface area contributed by atoms with Crippen molar-refractivity contribution in [1.82, 2.24) is 0 Å². The minimum absolute atomic E-state index is 0.484. The van der Waals surface area contributed by atoms with Gasteiger partial charge in [0, 0.05) is 5.54 Å². The van der Waals surface area contributed by atoms with E-state index in [9.17, 15) is 0 Å². The predicted molar refractivity (Wildman–Crippen MR) is 80.3 cm³/mol. The maximum atomic E-state index is 6.69. The van der Waals surface area contributed by atoms with E-state index in [0.717, 1.165) is 0 Å². The number of hydrogen-bond donors (Lipinski definition) is 0. The van der Waals surface area contributed by atoms with Crippen molar-refractivity contribution in [2.45, 2.75) is 45.3 Å². The molecule has 1 aromatic rings. The van der Waals surface area contributed by atoms with Gasteiger partial charge in [0.05, 0.1) is 0 Å². The lowest BCUT2D eigenvalue weighted by Crippen LogP contribution is -2.28. The van der Waals surface area contributed by atoms with Gasteiger partial charge in [-0.05, 0) is 29.5 Å². The van der Waals surface area contributed by atoms with Gasteiger partial charge in [-0.2, -0.15) is 11.1 Å². The SMILES string of the molecule is CC1=Cc2c(C(C)C)cccc2C1[Si](C)(C)Cl. The molecule has 0 bridgehead atoms. The van der Waals surface area contributed by atoms with Gasteiger partial charge in [-0.1, -0.05) is 56.8 Å². The van der Waals surface area contributed by atoms with Gasteiger partial charge in [0.2, 0.25) is 0 Å². The van der Waals surface area contributed by atoms with E-state index in [-0.39, 0.29) is 0 Å². The van der Waals surface area contributed by atoms with Crippen LogP contribution in [0.25, 0.3) is 6.08 Å². The maximum Gasteiger partial charge on any atom is 0.161 e. The van der Waals surface area contributed by atoms with Crippen LogP contribution in [0.5, 0.6) is 0 Å². The lowest BCUT2D eigenvalue weighted by atomic mass is 9.95. The molecule has 0 spiro atoms. The summed E-state index contributed by atoms with van der Waals surface area (Å²) in [6.07, 6.45) is 2.35. The van der Waals surface area contributed by atoms with Gasteiger partial charge >= 0.3 is 0 Å². The molecule has 2 heteroatoms. The first-order valence-electron chi connectivity index (χ1n) is 6.32. The quantitative estimate of drug-likeness (QED) is 0.503. The second-order valence-electron chi connectivity index (χ2n) is 5.89. The van der Waals surface area contributed by atoms with Crippen molar-refractivity contribution < 1.29 is 0 Å². The van der Waals surface area contributed by atoms with Crippen LogP contribution < -0.4 is 0 Å². The molecule has 2 rings (SSSR count). The largest absolute Gasteiger partial charge is 0.167 e. The lowest BCUT2D eigenvalue weighted by molar-refractivity contribution is 0.861. The fraction of sp³-hybridized carbons (Fsp3) is 0.467. The highest BCUT2D eigenvalue weighted by atomic mass is 35.6. The zero-order valence-electron chi connectivity index (χ0n) is 11.3. The summed E-state index contributed by atoms with van der Waals surface area (Å²) in [4.78, 5) is 0. The highest BCUT2D eigenvalue weighted by molar-refractivity contribution is 7.20. The highest BCUT2D eigenvalue weighted by Crippen LogP contribution is 2.45. The molecule has 0 fully saturated rings. The summed E-state index contributed by atoms with van der Waals surface area (Å²) < 4.78 is 0. The molecule has 0 saturated carbocycles. The van der Waals surface area contributed by atoms with Gasteiger partial charge in [-0.3, -0.25) is 0 Å². The van der Waals surface area contributed by atoms with Gasteiger partial charge < -0.3 is 0 Å². The minimum Gasteiger partial charge on any atom is -0.167 e. The Morgan fingerprint density at radius 2 is 1.88 bits per heavy atom. The van der Waals surface area contributed by atoms with E-state index in [4.69, 9.17) is 11.1 Å². The minimum atomic E-state index is -1.69. The molecule has 1 atom stereocenters. The third kappa shape index (κ3) is 2.23. The Bertz CT molecular complexity index is 466. The molecular formula is C15H21ClSi. The summed E-state index contributed by atoms with van der Waals surface area (Å²) in [6, 6.07) is 6.69. The average Bonchev–Trinajstić information content (AvgIpc) is 2.51. The first-order chi connectivity index (χ1) is 7.82. The number of rotatable bonds is 2. The summed E-state index contributed by atoms with van der Waals surface area (Å²) in [5.74, 6) is 0.577. The van der Waals surface area contributed by atoms with Crippen molar-refractivity contribution in [2.24, 2.45) is 0 Å². The fourth-order valence-corrected chi connectivity index (χ4v) is 6.02. The monoisotopic (exact) mass is 264 g/mol. The molecule has 0 amide bonds. The van der Waals surface area contributed by atoms with Crippen LogP contribution in [0.15, 0.2) is 23.8 Å². The van der Waals surface area contributed by atoms with Gasteiger partial charge in [-0.15, -0.1) is 0 Å². The Balaban J connectivity index is 2.59. The summed E-state index contributed by atoms with van der Waals surface area (Å²) in [5, 5.41) is 0. The van der Waals surface area contributed by atoms with Crippen molar-refractivity contribution >= 4 is 24.5 Å². The van der Waals surface area contributed by atoms with Gasteiger partial charge in [0.1, 0.15) is 0 Å². The average molecular weight is 265 g/mol. The van der Waals surface area contributed by atoms with Crippen molar-refractivity contribution in [2.75, 3.05) is 0 Å². The van der Waals surface area contributed by atoms with E-state index in [1.165, 1.54) is 22.3 Å². The smallest absolute Gasteiger partial charge is 0.161 e. The number of allylic oxidation sites excluding steroid dienone is 1. The molecule has 1 aromatic carbocycles.